The second kappa shape index (κ2) is 3.91. The molecule has 1 saturated heterocycles. The van der Waals surface area contributed by atoms with Crippen LogP contribution >= 0.6 is 0 Å². The molecule has 0 spiro atoms. The van der Waals surface area contributed by atoms with Crippen molar-refractivity contribution < 1.29 is 0 Å². The summed E-state index contributed by atoms with van der Waals surface area (Å²) in [5, 5.41) is 12.3. The molecule has 1 fully saturated rings. The van der Waals surface area contributed by atoms with E-state index in [0.717, 1.165) is 18.6 Å². The fourth-order valence-electron chi connectivity index (χ4n) is 2.57. The molecule has 0 aliphatic carbocycles. The number of nitrogens with one attached hydrogen (secondary N) is 2. The molecule has 3 rings (SSSR count). The average Bonchev–Trinajstić information content (AvgIpc) is 2.73. The predicted octanol–water partition coefficient (Wildman–Crippen LogP) is 2.34. The topological polar surface area (TPSA) is 40.7 Å². The average molecular weight is 215 g/mol. The second-order valence-corrected chi connectivity index (χ2v) is 4.68. The maximum absolute atomic E-state index is 4.39. The molecule has 2 aromatic rings. The molecular formula is C13H17N3. The molecular weight excluding hydrogens is 198 g/mol. The summed E-state index contributed by atoms with van der Waals surface area (Å²) in [5.74, 6) is 0.646. The summed E-state index contributed by atoms with van der Waals surface area (Å²) in [7, 11) is 0. The number of hydrogen-bond acceptors (Lipinski definition) is 2. The van der Waals surface area contributed by atoms with Crippen LogP contribution in [-0.4, -0.2) is 23.3 Å². The third-order valence-corrected chi connectivity index (χ3v) is 3.49. The van der Waals surface area contributed by atoms with E-state index in [1.54, 1.807) is 0 Å². The van der Waals surface area contributed by atoms with Gasteiger partial charge in [-0.2, -0.15) is 5.10 Å². The van der Waals surface area contributed by atoms with Crippen LogP contribution in [0, 0.1) is 6.92 Å². The number of rotatable bonds is 1. The molecule has 1 aromatic carbocycles. The molecule has 0 radical (unpaired) electrons. The van der Waals surface area contributed by atoms with Crippen molar-refractivity contribution in [2.45, 2.75) is 25.7 Å². The van der Waals surface area contributed by atoms with Crippen LogP contribution < -0.4 is 5.32 Å². The van der Waals surface area contributed by atoms with Crippen LogP contribution in [0.5, 0.6) is 0 Å². The first-order valence-corrected chi connectivity index (χ1v) is 6.00. The van der Waals surface area contributed by atoms with Gasteiger partial charge in [-0.15, -0.1) is 0 Å². The van der Waals surface area contributed by atoms with Gasteiger partial charge in [-0.25, -0.2) is 0 Å². The molecule has 2 heterocycles. The number of hydrogen-bond donors (Lipinski definition) is 2. The van der Waals surface area contributed by atoms with Crippen LogP contribution in [0.1, 0.15) is 30.0 Å². The molecule has 84 valence electrons. The first kappa shape index (κ1) is 9.85. The lowest BCUT2D eigenvalue weighted by atomic mass is 9.92. The number of benzene rings is 1. The standard InChI is InChI=1S/C13H17N3/c1-9-2-3-12-11(8-9)13(16-15-12)10-4-6-14-7-5-10/h2-3,8,10,14H,4-7H2,1H3,(H,15,16). The van der Waals surface area contributed by atoms with Crippen molar-refractivity contribution in [2.24, 2.45) is 0 Å². The summed E-state index contributed by atoms with van der Waals surface area (Å²) >= 11 is 0. The third-order valence-electron chi connectivity index (χ3n) is 3.49. The highest BCUT2D eigenvalue weighted by atomic mass is 15.1. The Kier molecular flexibility index (Phi) is 2.40. The van der Waals surface area contributed by atoms with Crippen molar-refractivity contribution >= 4 is 10.9 Å². The molecule has 0 unspecified atom stereocenters. The summed E-state index contributed by atoms with van der Waals surface area (Å²) in [6, 6.07) is 6.47. The third kappa shape index (κ3) is 1.61. The summed E-state index contributed by atoms with van der Waals surface area (Å²) in [6.07, 6.45) is 2.43. The monoisotopic (exact) mass is 215 g/mol. The van der Waals surface area contributed by atoms with Crippen molar-refractivity contribution in [3.63, 3.8) is 0 Å². The quantitative estimate of drug-likeness (QED) is 0.766. The highest BCUT2D eigenvalue weighted by Gasteiger charge is 2.19. The Morgan fingerprint density at radius 1 is 1.25 bits per heavy atom. The van der Waals surface area contributed by atoms with Gasteiger partial charge in [-0.05, 0) is 45.0 Å². The highest BCUT2D eigenvalue weighted by molar-refractivity contribution is 5.82. The molecule has 0 bridgehead atoms. The van der Waals surface area contributed by atoms with Crippen molar-refractivity contribution in [3.8, 4) is 0 Å². The van der Waals surface area contributed by atoms with E-state index in [4.69, 9.17) is 0 Å². The van der Waals surface area contributed by atoms with Crippen molar-refractivity contribution in [1.29, 1.82) is 0 Å². The van der Waals surface area contributed by atoms with Crippen LogP contribution in [0.4, 0.5) is 0 Å². The zero-order valence-corrected chi connectivity index (χ0v) is 9.59. The smallest absolute Gasteiger partial charge is 0.0924 e. The second-order valence-electron chi connectivity index (χ2n) is 4.68. The van der Waals surface area contributed by atoms with Gasteiger partial charge in [-0.1, -0.05) is 11.6 Å². The molecule has 16 heavy (non-hydrogen) atoms. The van der Waals surface area contributed by atoms with Crippen LogP contribution in [0.25, 0.3) is 10.9 Å². The van der Waals surface area contributed by atoms with Crippen LogP contribution in [0.3, 0.4) is 0 Å². The number of aromatic nitrogens is 2. The van der Waals surface area contributed by atoms with E-state index in [2.05, 4.69) is 40.6 Å². The number of aromatic amines is 1. The van der Waals surface area contributed by atoms with Gasteiger partial charge in [0.2, 0.25) is 0 Å². The summed E-state index contributed by atoms with van der Waals surface area (Å²) in [6.45, 7) is 4.38. The first-order valence-electron chi connectivity index (χ1n) is 6.00. The fourth-order valence-corrected chi connectivity index (χ4v) is 2.57. The number of nitrogens with zero attached hydrogens (tertiary/aromatic N) is 1. The van der Waals surface area contributed by atoms with Gasteiger partial charge in [0, 0.05) is 17.0 Å². The molecule has 3 heteroatoms. The Labute approximate surface area is 95.2 Å². The van der Waals surface area contributed by atoms with Crippen LogP contribution in [-0.2, 0) is 0 Å². The van der Waals surface area contributed by atoms with E-state index in [1.807, 2.05) is 0 Å². The van der Waals surface area contributed by atoms with E-state index in [0.29, 0.717) is 5.92 Å². The van der Waals surface area contributed by atoms with Gasteiger partial charge < -0.3 is 5.32 Å². The molecule has 2 N–H and O–H groups in total. The van der Waals surface area contributed by atoms with Gasteiger partial charge in [0.1, 0.15) is 0 Å². The van der Waals surface area contributed by atoms with Crippen molar-refractivity contribution in [2.75, 3.05) is 13.1 Å². The van der Waals surface area contributed by atoms with E-state index < -0.39 is 0 Å². The molecule has 0 amide bonds. The Morgan fingerprint density at radius 2 is 2.06 bits per heavy atom. The Hall–Kier alpha value is -1.35. The number of aryl methyl sites for hydroxylation is 1. The molecule has 1 aliphatic rings. The molecule has 0 atom stereocenters. The zero-order valence-electron chi connectivity index (χ0n) is 9.59. The lowest BCUT2D eigenvalue weighted by molar-refractivity contribution is 0.454. The van der Waals surface area contributed by atoms with E-state index in [1.165, 1.54) is 29.5 Å². The number of fused-ring (bicyclic) bond motifs is 1. The van der Waals surface area contributed by atoms with E-state index in [-0.39, 0.29) is 0 Å². The Bertz CT molecular complexity index is 495. The fraction of sp³-hybridized carbons (Fsp3) is 0.462. The van der Waals surface area contributed by atoms with Gasteiger partial charge in [-0.3, -0.25) is 5.10 Å². The SMILES string of the molecule is Cc1ccc2n[nH]c(C3CCNCC3)c2c1. The van der Waals surface area contributed by atoms with Crippen LogP contribution in [0.15, 0.2) is 18.2 Å². The van der Waals surface area contributed by atoms with Crippen molar-refractivity contribution in [1.82, 2.24) is 15.5 Å². The Morgan fingerprint density at radius 3 is 2.88 bits per heavy atom. The molecule has 3 nitrogen and oxygen atoms in total. The van der Waals surface area contributed by atoms with Crippen LogP contribution in [0.2, 0.25) is 0 Å². The van der Waals surface area contributed by atoms with Gasteiger partial charge >= 0.3 is 0 Å². The maximum atomic E-state index is 4.39. The highest BCUT2D eigenvalue weighted by Crippen LogP contribution is 2.29. The minimum Gasteiger partial charge on any atom is -0.317 e. The molecule has 1 aromatic heterocycles. The van der Waals surface area contributed by atoms with Crippen molar-refractivity contribution in [3.05, 3.63) is 29.5 Å². The van der Waals surface area contributed by atoms with E-state index in [9.17, 15) is 0 Å². The predicted molar refractivity (Wildman–Crippen MR) is 65.7 cm³/mol. The van der Waals surface area contributed by atoms with Gasteiger partial charge in [0.15, 0.2) is 0 Å². The first-order chi connectivity index (χ1) is 7.84. The minimum atomic E-state index is 0.646. The zero-order chi connectivity index (χ0) is 11.0. The maximum Gasteiger partial charge on any atom is 0.0924 e. The van der Waals surface area contributed by atoms with Gasteiger partial charge in [0.25, 0.3) is 0 Å². The van der Waals surface area contributed by atoms with Gasteiger partial charge in [0.05, 0.1) is 5.52 Å². The largest absolute Gasteiger partial charge is 0.317 e. The summed E-state index contributed by atoms with van der Waals surface area (Å²) in [4.78, 5) is 0. The normalized spacial score (nSPS) is 18.1. The lowest BCUT2D eigenvalue weighted by Crippen LogP contribution is -2.26. The molecule has 0 saturated carbocycles. The number of piperidine rings is 1. The summed E-state index contributed by atoms with van der Waals surface area (Å²) < 4.78 is 0. The lowest BCUT2D eigenvalue weighted by Gasteiger charge is -2.21. The van der Waals surface area contributed by atoms with E-state index >= 15 is 0 Å². The number of H-pyrrole nitrogens is 1. The molecule has 1 aliphatic heterocycles. The summed E-state index contributed by atoms with van der Waals surface area (Å²) in [5.41, 5.74) is 3.74. The minimum absolute atomic E-state index is 0.646. The Balaban J connectivity index is 2.05.